The van der Waals surface area contributed by atoms with Gasteiger partial charge in [0.2, 0.25) is 10.0 Å². The van der Waals surface area contributed by atoms with Crippen LogP contribution in [-0.2, 0) is 26.0 Å². The van der Waals surface area contributed by atoms with Gasteiger partial charge in [0, 0.05) is 12.1 Å². The number of sulfonamides is 1. The van der Waals surface area contributed by atoms with Crippen LogP contribution in [0.4, 0.5) is 0 Å². The lowest BCUT2D eigenvalue weighted by Crippen LogP contribution is -2.28. The third-order valence-electron chi connectivity index (χ3n) is 4.30. The third-order valence-corrected chi connectivity index (χ3v) is 5.91. The number of carbonyl (C=O) groups is 2. The molecule has 0 radical (unpaired) electrons. The van der Waals surface area contributed by atoms with Crippen molar-refractivity contribution in [2.45, 2.75) is 38.5 Å². The van der Waals surface area contributed by atoms with E-state index in [9.17, 15) is 18.0 Å². The monoisotopic (exact) mass is 403 g/mol. The standard InChI is InChI=1S/C21H25NO5S/c1-4-17-7-9-18(10-8-17)19(23)14-27-21(24)11-12-22-28(25,26)20-13-15(2)5-6-16(20)3/h5-10,13,22H,4,11-12,14H2,1-3H3. The smallest absolute Gasteiger partial charge is 0.307 e. The van der Waals surface area contributed by atoms with E-state index in [2.05, 4.69) is 4.72 Å². The van der Waals surface area contributed by atoms with Crippen LogP contribution in [0.15, 0.2) is 47.4 Å². The maximum absolute atomic E-state index is 12.4. The summed E-state index contributed by atoms with van der Waals surface area (Å²) in [4.78, 5) is 24.0. The van der Waals surface area contributed by atoms with Crippen LogP contribution in [0.2, 0.25) is 0 Å². The van der Waals surface area contributed by atoms with E-state index in [4.69, 9.17) is 4.74 Å². The molecule has 6 nitrogen and oxygen atoms in total. The molecule has 0 spiro atoms. The first-order chi connectivity index (χ1) is 13.2. The Morgan fingerprint density at radius 3 is 2.36 bits per heavy atom. The molecule has 2 aromatic rings. The van der Waals surface area contributed by atoms with Gasteiger partial charge in [0.15, 0.2) is 12.4 Å². The molecule has 2 aromatic carbocycles. The number of hydrogen-bond donors (Lipinski definition) is 1. The Kier molecular flexibility index (Phi) is 7.48. The lowest BCUT2D eigenvalue weighted by atomic mass is 10.1. The van der Waals surface area contributed by atoms with E-state index in [1.807, 2.05) is 32.0 Å². The molecule has 0 aromatic heterocycles. The second-order valence-corrected chi connectivity index (χ2v) is 8.29. The molecule has 0 saturated heterocycles. The first-order valence-corrected chi connectivity index (χ1v) is 10.6. The molecule has 2 rings (SSSR count). The Balaban J connectivity index is 1.82. The topological polar surface area (TPSA) is 89.5 Å². The number of rotatable bonds is 9. The summed E-state index contributed by atoms with van der Waals surface area (Å²) < 4.78 is 32.1. The van der Waals surface area contributed by atoms with Crippen LogP contribution in [0.5, 0.6) is 0 Å². The Hall–Kier alpha value is -2.51. The van der Waals surface area contributed by atoms with E-state index in [1.165, 1.54) is 0 Å². The number of hydrogen-bond acceptors (Lipinski definition) is 5. The van der Waals surface area contributed by atoms with Crippen molar-refractivity contribution in [2.24, 2.45) is 0 Å². The summed E-state index contributed by atoms with van der Waals surface area (Å²) in [7, 11) is -3.71. The number of carbonyl (C=O) groups excluding carboxylic acids is 2. The summed E-state index contributed by atoms with van der Waals surface area (Å²) in [5.74, 6) is -0.936. The van der Waals surface area contributed by atoms with Gasteiger partial charge >= 0.3 is 5.97 Å². The number of ether oxygens (including phenoxy) is 1. The molecular formula is C21H25NO5S. The van der Waals surface area contributed by atoms with Crippen LogP contribution < -0.4 is 4.72 Å². The van der Waals surface area contributed by atoms with Crippen molar-refractivity contribution in [1.29, 1.82) is 0 Å². The number of ketones is 1. The van der Waals surface area contributed by atoms with Crippen LogP contribution in [0.3, 0.4) is 0 Å². The van der Waals surface area contributed by atoms with E-state index in [0.29, 0.717) is 11.1 Å². The van der Waals surface area contributed by atoms with E-state index < -0.39 is 16.0 Å². The van der Waals surface area contributed by atoms with Gasteiger partial charge in [-0.15, -0.1) is 0 Å². The van der Waals surface area contributed by atoms with E-state index in [-0.39, 0.29) is 30.3 Å². The van der Waals surface area contributed by atoms with Crippen LogP contribution in [0.25, 0.3) is 0 Å². The lowest BCUT2D eigenvalue weighted by molar-refractivity contribution is -0.142. The van der Waals surface area contributed by atoms with E-state index >= 15 is 0 Å². The van der Waals surface area contributed by atoms with E-state index in [1.54, 1.807) is 31.2 Å². The maximum atomic E-state index is 12.4. The highest BCUT2D eigenvalue weighted by Crippen LogP contribution is 2.16. The summed E-state index contributed by atoms with van der Waals surface area (Å²) in [6.45, 7) is 5.07. The van der Waals surface area contributed by atoms with Crippen molar-refractivity contribution in [3.05, 3.63) is 64.7 Å². The van der Waals surface area contributed by atoms with Gasteiger partial charge in [0.25, 0.3) is 0 Å². The first kappa shape index (κ1) is 21.8. The quantitative estimate of drug-likeness (QED) is 0.514. The SMILES string of the molecule is CCc1ccc(C(=O)COC(=O)CCNS(=O)(=O)c2cc(C)ccc2C)cc1. The van der Waals surface area contributed by atoms with Crippen LogP contribution in [-0.4, -0.2) is 33.3 Å². The number of Topliss-reactive ketones (excluding diaryl/α,β-unsaturated/α-hetero) is 1. The molecular weight excluding hydrogens is 378 g/mol. The fourth-order valence-electron chi connectivity index (χ4n) is 2.59. The number of benzene rings is 2. The zero-order chi connectivity index (χ0) is 20.7. The lowest BCUT2D eigenvalue weighted by Gasteiger charge is -2.10. The van der Waals surface area contributed by atoms with Crippen molar-refractivity contribution >= 4 is 21.8 Å². The number of nitrogens with one attached hydrogen (secondary N) is 1. The molecule has 0 fully saturated rings. The minimum Gasteiger partial charge on any atom is -0.457 e. The van der Waals surface area contributed by atoms with Crippen LogP contribution >= 0.6 is 0 Å². The predicted octanol–water partition coefficient (Wildman–Crippen LogP) is 2.96. The van der Waals surface area contributed by atoms with Gasteiger partial charge in [-0.05, 0) is 43.0 Å². The highest BCUT2D eigenvalue weighted by atomic mass is 32.2. The van der Waals surface area contributed by atoms with Gasteiger partial charge in [-0.2, -0.15) is 0 Å². The fraction of sp³-hybridized carbons (Fsp3) is 0.333. The normalized spacial score (nSPS) is 11.2. The average molecular weight is 404 g/mol. The van der Waals surface area contributed by atoms with Crippen molar-refractivity contribution in [1.82, 2.24) is 4.72 Å². The Labute approximate surface area is 166 Å². The van der Waals surface area contributed by atoms with Gasteiger partial charge in [-0.3, -0.25) is 9.59 Å². The van der Waals surface area contributed by atoms with Gasteiger partial charge in [-0.1, -0.05) is 43.3 Å². The molecule has 0 amide bonds. The summed E-state index contributed by atoms with van der Waals surface area (Å²) in [6, 6.07) is 12.3. The Morgan fingerprint density at radius 1 is 1.04 bits per heavy atom. The zero-order valence-corrected chi connectivity index (χ0v) is 17.1. The van der Waals surface area contributed by atoms with Gasteiger partial charge in [0.1, 0.15) is 0 Å². The molecule has 0 aliphatic rings. The molecule has 7 heteroatoms. The molecule has 1 N–H and O–H groups in total. The molecule has 0 bridgehead atoms. The highest BCUT2D eigenvalue weighted by molar-refractivity contribution is 7.89. The fourth-order valence-corrected chi connectivity index (χ4v) is 3.95. The molecule has 0 saturated carbocycles. The molecule has 0 heterocycles. The second kappa shape index (κ2) is 9.61. The van der Waals surface area contributed by atoms with Crippen LogP contribution in [0.1, 0.15) is 40.4 Å². The first-order valence-electron chi connectivity index (χ1n) is 9.07. The Morgan fingerprint density at radius 2 is 1.71 bits per heavy atom. The van der Waals surface area contributed by atoms with Crippen LogP contribution in [0, 0.1) is 13.8 Å². The molecule has 150 valence electrons. The summed E-state index contributed by atoms with van der Waals surface area (Å²) >= 11 is 0. The Bertz CT molecular complexity index is 949. The summed E-state index contributed by atoms with van der Waals surface area (Å²) in [6.07, 6.45) is 0.716. The second-order valence-electron chi connectivity index (χ2n) is 6.55. The average Bonchev–Trinajstić information content (AvgIpc) is 2.67. The predicted molar refractivity (Wildman–Crippen MR) is 107 cm³/mol. The van der Waals surface area contributed by atoms with Gasteiger partial charge in [-0.25, -0.2) is 13.1 Å². The van der Waals surface area contributed by atoms with Crippen molar-refractivity contribution < 1.29 is 22.7 Å². The van der Waals surface area contributed by atoms with E-state index in [0.717, 1.165) is 17.5 Å². The number of esters is 1. The maximum Gasteiger partial charge on any atom is 0.307 e. The molecule has 28 heavy (non-hydrogen) atoms. The highest BCUT2D eigenvalue weighted by Gasteiger charge is 2.17. The molecule has 0 unspecified atom stereocenters. The molecule has 0 aliphatic carbocycles. The largest absolute Gasteiger partial charge is 0.457 e. The molecule has 0 atom stereocenters. The number of aryl methyl sites for hydroxylation is 3. The minimum atomic E-state index is -3.71. The van der Waals surface area contributed by atoms with Crippen molar-refractivity contribution in [2.75, 3.05) is 13.2 Å². The van der Waals surface area contributed by atoms with Gasteiger partial charge < -0.3 is 4.74 Å². The van der Waals surface area contributed by atoms with Gasteiger partial charge in [0.05, 0.1) is 11.3 Å². The zero-order valence-electron chi connectivity index (χ0n) is 16.3. The van der Waals surface area contributed by atoms with Crippen molar-refractivity contribution in [3.8, 4) is 0 Å². The van der Waals surface area contributed by atoms with Crippen molar-refractivity contribution in [3.63, 3.8) is 0 Å². The summed E-state index contributed by atoms with van der Waals surface area (Å²) in [5.41, 5.74) is 3.04. The molecule has 0 aliphatic heterocycles. The minimum absolute atomic E-state index is 0.103. The summed E-state index contributed by atoms with van der Waals surface area (Å²) in [5, 5.41) is 0. The third kappa shape index (κ3) is 6.00.